The summed E-state index contributed by atoms with van der Waals surface area (Å²) in [6.07, 6.45) is 0. The Morgan fingerprint density at radius 3 is 2.32 bits per heavy atom. The number of benzene rings is 3. The van der Waals surface area contributed by atoms with Crippen LogP contribution in [-0.4, -0.2) is 30.9 Å². The summed E-state index contributed by atoms with van der Waals surface area (Å²) in [5.74, 6) is 1.10. The molecule has 1 aromatic heterocycles. The lowest BCUT2D eigenvalue weighted by molar-refractivity contribution is -0.113. The van der Waals surface area contributed by atoms with Gasteiger partial charge in [0, 0.05) is 16.8 Å². The third-order valence-corrected chi connectivity index (χ3v) is 6.87. The second-order valence-corrected chi connectivity index (χ2v) is 9.40. The van der Waals surface area contributed by atoms with Gasteiger partial charge in [-0.2, -0.15) is 5.26 Å². The highest BCUT2D eigenvalue weighted by Crippen LogP contribution is 2.38. The fourth-order valence-electron chi connectivity index (χ4n) is 3.87. The van der Waals surface area contributed by atoms with Crippen molar-refractivity contribution in [3.05, 3.63) is 89.5 Å². The van der Waals surface area contributed by atoms with Crippen molar-refractivity contribution in [1.29, 1.82) is 5.26 Å². The number of anilines is 1. The van der Waals surface area contributed by atoms with Crippen LogP contribution < -0.4 is 14.8 Å². The molecule has 186 valence electrons. The molecule has 3 aromatic carbocycles. The highest BCUT2D eigenvalue weighted by Gasteiger charge is 2.18. The minimum absolute atomic E-state index is 0.110. The molecule has 0 aliphatic carbocycles. The van der Waals surface area contributed by atoms with Crippen molar-refractivity contribution >= 4 is 23.4 Å². The minimum atomic E-state index is -0.168. The molecule has 1 amide bonds. The van der Waals surface area contributed by atoms with Crippen LogP contribution in [0.5, 0.6) is 11.5 Å². The number of nitriles is 1. The lowest BCUT2D eigenvalue weighted by atomic mass is 9.98. The first kappa shape index (κ1) is 25.8. The van der Waals surface area contributed by atoms with Gasteiger partial charge >= 0.3 is 0 Å². The molecule has 0 fully saturated rings. The van der Waals surface area contributed by atoms with E-state index in [1.165, 1.54) is 11.8 Å². The second kappa shape index (κ2) is 11.6. The average Bonchev–Trinajstić information content (AvgIpc) is 2.92. The normalized spacial score (nSPS) is 10.5. The van der Waals surface area contributed by atoms with Crippen molar-refractivity contribution in [2.75, 3.05) is 25.3 Å². The molecule has 0 radical (unpaired) electrons. The van der Waals surface area contributed by atoms with Gasteiger partial charge < -0.3 is 14.8 Å². The lowest BCUT2D eigenvalue weighted by Crippen LogP contribution is -2.15. The maximum Gasteiger partial charge on any atom is 0.234 e. The number of nitrogens with one attached hydrogen (secondary N) is 1. The Morgan fingerprint density at radius 1 is 0.946 bits per heavy atom. The number of aryl methyl sites for hydroxylation is 2. The van der Waals surface area contributed by atoms with E-state index in [4.69, 9.17) is 14.5 Å². The summed E-state index contributed by atoms with van der Waals surface area (Å²) in [5.41, 5.74) is 6.41. The fraction of sp³-hybridized carbons (Fsp3) is 0.167. The standard InChI is InChI=1S/C30H27N3O3S/c1-19-9-11-21(12-10-19)26-16-23(22-13-14-27(35-3)28(15-22)36-4)24(17-31)30(33-26)37-18-29(34)32-25-8-6-5-7-20(25)2/h5-16H,18H2,1-4H3,(H,32,34). The third-order valence-electron chi connectivity index (χ3n) is 5.90. The van der Waals surface area contributed by atoms with Crippen LogP contribution in [0.15, 0.2) is 77.8 Å². The summed E-state index contributed by atoms with van der Waals surface area (Å²) in [4.78, 5) is 17.6. The van der Waals surface area contributed by atoms with Gasteiger partial charge in [0.15, 0.2) is 11.5 Å². The number of para-hydroxylation sites is 1. The zero-order chi connectivity index (χ0) is 26.4. The molecule has 1 heterocycles. The Labute approximate surface area is 221 Å². The summed E-state index contributed by atoms with van der Waals surface area (Å²) in [6.45, 7) is 3.97. The molecule has 1 N–H and O–H groups in total. The SMILES string of the molecule is COc1ccc(-c2cc(-c3ccc(C)cc3)nc(SCC(=O)Nc3ccccc3C)c2C#N)cc1OC. The van der Waals surface area contributed by atoms with Crippen molar-refractivity contribution < 1.29 is 14.3 Å². The number of amides is 1. The van der Waals surface area contributed by atoms with Crippen molar-refractivity contribution in [3.8, 4) is 40.0 Å². The molecule has 0 atom stereocenters. The van der Waals surface area contributed by atoms with Crippen LogP contribution in [0.3, 0.4) is 0 Å². The molecule has 37 heavy (non-hydrogen) atoms. The number of carbonyl (C=O) groups excluding carboxylic acids is 1. The van der Waals surface area contributed by atoms with Gasteiger partial charge in [0.05, 0.1) is 31.2 Å². The Morgan fingerprint density at radius 2 is 1.65 bits per heavy atom. The van der Waals surface area contributed by atoms with E-state index in [9.17, 15) is 10.1 Å². The number of nitrogens with zero attached hydrogens (tertiary/aromatic N) is 2. The van der Waals surface area contributed by atoms with Crippen LogP contribution >= 0.6 is 11.8 Å². The van der Waals surface area contributed by atoms with Crippen LogP contribution in [0, 0.1) is 25.2 Å². The third kappa shape index (κ3) is 5.93. The minimum Gasteiger partial charge on any atom is -0.493 e. The van der Waals surface area contributed by atoms with Crippen molar-refractivity contribution in [2.45, 2.75) is 18.9 Å². The van der Waals surface area contributed by atoms with E-state index in [2.05, 4.69) is 11.4 Å². The van der Waals surface area contributed by atoms with Crippen molar-refractivity contribution in [1.82, 2.24) is 4.98 Å². The fourth-order valence-corrected chi connectivity index (χ4v) is 4.67. The Kier molecular flexibility index (Phi) is 8.11. The van der Waals surface area contributed by atoms with E-state index < -0.39 is 0 Å². The number of ether oxygens (including phenoxy) is 2. The predicted molar refractivity (Wildman–Crippen MR) is 148 cm³/mol. The van der Waals surface area contributed by atoms with Gasteiger partial charge in [-0.15, -0.1) is 0 Å². The quantitative estimate of drug-likeness (QED) is 0.268. The Hall–Kier alpha value is -4.28. The average molecular weight is 510 g/mol. The number of hydrogen-bond acceptors (Lipinski definition) is 6. The molecule has 4 aromatic rings. The maximum absolute atomic E-state index is 12.8. The number of thioether (sulfide) groups is 1. The number of methoxy groups -OCH3 is 2. The lowest BCUT2D eigenvalue weighted by Gasteiger charge is -2.15. The summed E-state index contributed by atoms with van der Waals surface area (Å²) in [5, 5.41) is 13.6. The number of rotatable bonds is 8. The summed E-state index contributed by atoms with van der Waals surface area (Å²) in [6, 6.07) is 25.4. The molecule has 0 saturated carbocycles. The summed E-state index contributed by atoms with van der Waals surface area (Å²) >= 11 is 1.24. The Balaban J connectivity index is 1.75. The summed E-state index contributed by atoms with van der Waals surface area (Å²) in [7, 11) is 3.16. The number of hydrogen-bond donors (Lipinski definition) is 1. The molecule has 0 spiro atoms. The molecule has 0 bridgehead atoms. The van der Waals surface area contributed by atoms with E-state index in [0.29, 0.717) is 33.3 Å². The molecule has 0 saturated heterocycles. The monoisotopic (exact) mass is 509 g/mol. The predicted octanol–water partition coefficient (Wildman–Crippen LogP) is 6.65. The van der Waals surface area contributed by atoms with Gasteiger partial charge in [0.2, 0.25) is 5.91 Å². The molecular formula is C30H27N3O3S. The van der Waals surface area contributed by atoms with Crippen LogP contribution in [0.1, 0.15) is 16.7 Å². The van der Waals surface area contributed by atoms with Gasteiger partial charge in [-0.05, 0) is 49.2 Å². The molecule has 4 rings (SSSR count). The van der Waals surface area contributed by atoms with E-state index in [1.54, 1.807) is 14.2 Å². The van der Waals surface area contributed by atoms with Gasteiger partial charge in [-0.1, -0.05) is 65.9 Å². The molecule has 0 aliphatic rings. The smallest absolute Gasteiger partial charge is 0.234 e. The van der Waals surface area contributed by atoms with E-state index >= 15 is 0 Å². The topological polar surface area (TPSA) is 84.2 Å². The maximum atomic E-state index is 12.8. The van der Waals surface area contributed by atoms with Gasteiger partial charge in [-0.25, -0.2) is 4.98 Å². The van der Waals surface area contributed by atoms with E-state index in [-0.39, 0.29) is 11.7 Å². The van der Waals surface area contributed by atoms with Gasteiger partial charge in [0.1, 0.15) is 11.1 Å². The van der Waals surface area contributed by atoms with Gasteiger partial charge in [-0.3, -0.25) is 4.79 Å². The molecular weight excluding hydrogens is 482 g/mol. The highest BCUT2D eigenvalue weighted by molar-refractivity contribution is 8.00. The largest absolute Gasteiger partial charge is 0.493 e. The second-order valence-electron chi connectivity index (χ2n) is 8.43. The first-order valence-electron chi connectivity index (χ1n) is 11.7. The number of carbonyl (C=O) groups is 1. The highest BCUT2D eigenvalue weighted by atomic mass is 32.2. The first-order valence-corrected chi connectivity index (χ1v) is 12.6. The molecule has 7 heteroatoms. The van der Waals surface area contributed by atoms with E-state index in [0.717, 1.165) is 27.9 Å². The molecule has 0 unspecified atom stereocenters. The zero-order valence-corrected chi connectivity index (χ0v) is 22.0. The zero-order valence-electron chi connectivity index (χ0n) is 21.2. The number of aromatic nitrogens is 1. The van der Waals surface area contributed by atoms with E-state index in [1.807, 2.05) is 86.6 Å². The van der Waals surface area contributed by atoms with Crippen LogP contribution in [0.4, 0.5) is 5.69 Å². The van der Waals surface area contributed by atoms with Crippen LogP contribution in [-0.2, 0) is 4.79 Å². The van der Waals surface area contributed by atoms with Crippen molar-refractivity contribution in [3.63, 3.8) is 0 Å². The van der Waals surface area contributed by atoms with Crippen LogP contribution in [0.25, 0.3) is 22.4 Å². The van der Waals surface area contributed by atoms with Gasteiger partial charge in [0.25, 0.3) is 0 Å². The molecule has 0 aliphatic heterocycles. The van der Waals surface area contributed by atoms with Crippen molar-refractivity contribution in [2.24, 2.45) is 0 Å². The number of pyridine rings is 1. The first-order chi connectivity index (χ1) is 17.9. The Bertz CT molecular complexity index is 1480. The molecule has 6 nitrogen and oxygen atoms in total. The van der Waals surface area contributed by atoms with Crippen LogP contribution in [0.2, 0.25) is 0 Å². The summed E-state index contributed by atoms with van der Waals surface area (Å²) < 4.78 is 10.9.